The van der Waals surface area contributed by atoms with Crippen molar-refractivity contribution >= 4 is 17.8 Å². The summed E-state index contributed by atoms with van der Waals surface area (Å²) in [5.41, 5.74) is 0. The zero-order chi connectivity index (χ0) is 8.36. The molecule has 0 bridgehead atoms. The molecule has 0 saturated carbocycles. The molecule has 0 fully saturated rings. The lowest BCUT2D eigenvalue weighted by Gasteiger charge is -2.31. The van der Waals surface area contributed by atoms with Crippen LogP contribution in [-0.4, -0.2) is 23.1 Å². The predicted octanol–water partition coefficient (Wildman–Crippen LogP) is 1.79. The van der Waals surface area contributed by atoms with Crippen LogP contribution >= 0.6 is 0 Å². The van der Waals surface area contributed by atoms with Gasteiger partial charge >= 0.3 is 0 Å². The van der Waals surface area contributed by atoms with E-state index >= 15 is 0 Å². The minimum Gasteiger partial charge on any atom is -0.419 e. The second-order valence-corrected chi connectivity index (χ2v) is 9.96. The Morgan fingerprint density at radius 1 is 1.00 bits per heavy atom. The van der Waals surface area contributed by atoms with Crippen molar-refractivity contribution in [2.75, 3.05) is 0 Å². The molecule has 0 rings (SSSR count). The van der Waals surface area contributed by atoms with Gasteiger partial charge in [0, 0.05) is 5.22 Å². The summed E-state index contributed by atoms with van der Waals surface area (Å²) < 4.78 is 5.90. The molecule has 3 heteroatoms. The van der Waals surface area contributed by atoms with E-state index in [4.69, 9.17) is 4.43 Å². The number of hydrogen-bond acceptors (Lipinski definition) is 1. The van der Waals surface area contributed by atoms with E-state index in [-0.39, 0.29) is 5.22 Å². The lowest BCUT2D eigenvalue weighted by molar-refractivity contribution is 0.193. The molecule has 1 nitrogen and oxygen atoms in total. The molecule has 0 aliphatic carbocycles. The highest BCUT2D eigenvalue weighted by molar-refractivity contribution is 6.60. The molecule has 62 valence electrons. The topological polar surface area (TPSA) is 9.23 Å². The van der Waals surface area contributed by atoms with Crippen LogP contribution < -0.4 is 0 Å². The van der Waals surface area contributed by atoms with Gasteiger partial charge in [-0.2, -0.15) is 0 Å². The largest absolute Gasteiger partial charge is 0.419 e. The van der Waals surface area contributed by atoms with Crippen LogP contribution in [0.4, 0.5) is 0 Å². The highest BCUT2D eigenvalue weighted by atomic mass is 28.3. The average molecular weight is 176 g/mol. The third-order valence-electron chi connectivity index (χ3n) is 1.93. The van der Waals surface area contributed by atoms with Crippen LogP contribution in [0.5, 0.6) is 0 Å². The van der Waals surface area contributed by atoms with E-state index in [0.717, 1.165) is 0 Å². The Morgan fingerprint density at radius 2 is 1.40 bits per heavy atom. The maximum absolute atomic E-state index is 5.90. The van der Waals surface area contributed by atoms with Gasteiger partial charge in [-0.25, -0.2) is 0 Å². The van der Waals surface area contributed by atoms with Gasteiger partial charge in [0.2, 0.25) is 0 Å². The van der Waals surface area contributed by atoms with E-state index in [9.17, 15) is 0 Å². The highest BCUT2D eigenvalue weighted by Crippen LogP contribution is 2.14. The SMILES string of the molecule is C[SiH](C)OC(C)(C)[SiH](C)C. The molecule has 0 aromatic carbocycles. The second kappa shape index (κ2) is 3.69. The van der Waals surface area contributed by atoms with Crippen molar-refractivity contribution in [1.82, 2.24) is 0 Å². The van der Waals surface area contributed by atoms with E-state index in [1.807, 2.05) is 0 Å². The first-order valence-electron chi connectivity index (χ1n) is 4.04. The van der Waals surface area contributed by atoms with Gasteiger partial charge in [-0.15, -0.1) is 0 Å². The third-order valence-corrected chi connectivity index (χ3v) is 6.20. The standard InChI is InChI=1S/C7H20OSi2/c1-7(2,9(3)4)8-10(5)6/h9-10H,1-6H3. The zero-order valence-electron chi connectivity index (χ0n) is 8.06. The van der Waals surface area contributed by atoms with Gasteiger partial charge in [-0.05, 0) is 26.9 Å². The van der Waals surface area contributed by atoms with Gasteiger partial charge in [-0.1, -0.05) is 13.1 Å². The quantitative estimate of drug-likeness (QED) is 0.596. The number of rotatable bonds is 3. The molecule has 0 radical (unpaired) electrons. The maximum Gasteiger partial charge on any atom is 0.171 e. The fraction of sp³-hybridized carbons (Fsp3) is 1.00. The van der Waals surface area contributed by atoms with Crippen molar-refractivity contribution in [2.45, 2.75) is 45.3 Å². The van der Waals surface area contributed by atoms with Crippen molar-refractivity contribution in [3.05, 3.63) is 0 Å². The summed E-state index contributed by atoms with van der Waals surface area (Å²) in [5, 5.41) is 0.223. The molecule has 0 aromatic rings. The smallest absolute Gasteiger partial charge is 0.171 e. The average Bonchev–Trinajstić information content (AvgIpc) is 1.60. The Kier molecular flexibility index (Phi) is 3.83. The Labute approximate surface area is 68.1 Å². The Balaban J connectivity index is 3.87. The monoisotopic (exact) mass is 176 g/mol. The van der Waals surface area contributed by atoms with E-state index < -0.39 is 17.8 Å². The molecule has 0 saturated heterocycles. The summed E-state index contributed by atoms with van der Waals surface area (Å²) in [6, 6.07) is 0. The summed E-state index contributed by atoms with van der Waals surface area (Å²) in [6.07, 6.45) is 0. The Hall–Kier alpha value is 0.394. The van der Waals surface area contributed by atoms with E-state index in [1.54, 1.807) is 0 Å². The normalized spacial score (nSPS) is 13.2. The lowest BCUT2D eigenvalue weighted by atomic mass is 10.5. The molecule has 0 N–H and O–H groups in total. The van der Waals surface area contributed by atoms with Crippen LogP contribution in [0.25, 0.3) is 0 Å². The molecular weight excluding hydrogens is 156 g/mol. The molecule has 0 aliphatic rings. The first-order valence-corrected chi connectivity index (χ1v) is 9.71. The van der Waals surface area contributed by atoms with Crippen LogP contribution in [0.3, 0.4) is 0 Å². The molecule has 0 spiro atoms. The molecule has 0 aliphatic heterocycles. The summed E-state index contributed by atoms with van der Waals surface area (Å²) in [5.74, 6) is 0. The van der Waals surface area contributed by atoms with Gasteiger partial charge in [-0.3, -0.25) is 0 Å². The van der Waals surface area contributed by atoms with Crippen molar-refractivity contribution in [1.29, 1.82) is 0 Å². The van der Waals surface area contributed by atoms with Crippen LogP contribution in [0.15, 0.2) is 0 Å². The van der Waals surface area contributed by atoms with Crippen LogP contribution in [0.2, 0.25) is 26.2 Å². The fourth-order valence-electron chi connectivity index (χ4n) is 0.744. The van der Waals surface area contributed by atoms with Crippen LogP contribution in [0, 0.1) is 0 Å². The minimum absolute atomic E-state index is 0.223. The van der Waals surface area contributed by atoms with Crippen molar-refractivity contribution in [3.63, 3.8) is 0 Å². The van der Waals surface area contributed by atoms with Crippen LogP contribution in [0.1, 0.15) is 13.8 Å². The van der Waals surface area contributed by atoms with Gasteiger partial charge < -0.3 is 4.43 Å². The van der Waals surface area contributed by atoms with Gasteiger partial charge in [0.15, 0.2) is 9.04 Å². The highest BCUT2D eigenvalue weighted by Gasteiger charge is 2.24. The first kappa shape index (κ1) is 10.4. The van der Waals surface area contributed by atoms with E-state index in [1.165, 1.54) is 0 Å². The summed E-state index contributed by atoms with van der Waals surface area (Å²) >= 11 is 0. The molecule has 0 heterocycles. The molecule has 0 amide bonds. The fourth-order valence-corrected chi connectivity index (χ4v) is 3.86. The van der Waals surface area contributed by atoms with Gasteiger partial charge in [0.25, 0.3) is 0 Å². The van der Waals surface area contributed by atoms with Gasteiger partial charge in [0.05, 0.1) is 8.80 Å². The molecule has 0 aromatic heterocycles. The predicted molar refractivity (Wildman–Crippen MR) is 52.9 cm³/mol. The van der Waals surface area contributed by atoms with Crippen LogP contribution in [-0.2, 0) is 4.43 Å². The number of hydrogen-bond donors (Lipinski definition) is 0. The van der Waals surface area contributed by atoms with E-state index in [0.29, 0.717) is 0 Å². The Morgan fingerprint density at radius 3 is 1.50 bits per heavy atom. The Bertz CT molecular complexity index is 99.8. The summed E-state index contributed by atoms with van der Waals surface area (Å²) in [4.78, 5) is 0. The lowest BCUT2D eigenvalue weighted by Crippen LogP contribution is -2.41. The maximum atomic E-state index is 5.90. The zero-order valence-corrected chi connectivity index (χ0v) is 10.4. The minimum atomic E-state index is -0.817. The summed E-state index contributed by atoms with van der Waals surface area (Å²) in [6.45, 7) is 13.6. The third kappa shape index (κ3) is 3.53. The van der Waals surface area contributed by atoms with E-state index in [2.05, 4.69) is 40.0 Å². The van der Waals surface area contributed by atoms with Gasteiger partial charge in [0.1, 0.15) is 0 Å². The first-order chi connectivity index (χ1) is 4.36. The van der Waals surface area contributed by atoms with Crippen molar-refractivity contribution < 1.29 is 4.43 Å². The molecule has 0 atom stereocenters. The molecule has 0 unspecified atom stereocenters. The van der Waals surface area contributed by atoms with Crippen molar-refractivity contribution in [3.8, 4) is 0 Å². The summed E-state index contributed by atoms with van der Waals surface area (Å²) in [7, 11) is -1.44. The second-order valence-electron chi connectivity index (χ2n) is 3.92. The van der Waals surface area contributed by atoms with Crippen molar-refractivity contribution in [2.24, 2.45) is 0 Å². The molecular formula is C7H20OSi2. The molecule has 10 heavy (non-hydrogen) atoms.